The highest BCUT2D eigenvalue weighted by Crippen LogP contribution is 2.53. The predicted octanol–water partition coefficient (Wildman–Crippen LogP) is 4.04. The second kappa shape index (κ2) is 8.00. The number of benzene rings is 1. The zero-order chi connectivity index (χ0) is 21.1. The van der Waals surface area contributed by atoms with Crippen LogP contribution >= 0.6 is 0 Å². The average molecular weight is 429 g/mol. The third kappa shape index (κ3) is 3.58. The van der Waals surface area contributed by atoms with Crippen molar-refractivity contribution in [3.05, 3.63) is 30.3 Å². The van der Waals surface area contributed by atoms with E-state index in [1.807, 2.05) is 0 Å². The van der Waals surface area contributed by atoms with E-state index < -0.39 is 61.3 Å². The Balaban J connectivity index is 3.74. The Bertz CT molecular complexity index is 827. The van der Waals surface area contributed by atoms with Crippen molar-refractivity contribution in [1.29, 1.82) is 0 Å². The molecule has 0 saturated carbocycles. The fourth-order valence-corrected chi connectivity index (χ4v) is 6.58. The molecule has 1 aromatic carbocycles. The fourth-order valence-electron chi connectivity index (χ4n) is 3.52. The normalized spacial score (nSPS) is 14.2. The van der Waals surface area contributed by atoms with Gasteiger partial charge in [0.2, 0.25) is 0 Å². The van der Waals surface area contributed by atoms with Gasteiger partial charge in [-0.25, -0.2) is 8.78 Å². The maximum Gasteiger partial charge on any atom is 0.321 e. The lowest BCUT2D eigenvalue weighted by molar-refractivity contribution is -0.0906. The molecule has 0 unspecified atom stereocenters. The Morgan fingerprint density at radius 3 is 1.59 bits per heavy atom. The van der Waals surface area contributed by atoms with Gasteiger partial charge in [0.25, 0.3) is 16.0 Å². The predicted molar refractivity (Wildman–Crippen MR) is 99.1 cm³/mol. The summed E-state index contributed by atoms with van der Waals surface area (Å²) in [5.41, 5.74) is 0. The average Bonchev–Trinajstić information content (AvgIpc) is 2.56. The minimum atomic E-state index is -5.29. The van der Waals surface area contributed by atoms with E-state index in [0.29, 0.717) is 0 Å². The van der Waals surface area contributed by atoms with Gasteiger partial charge < -0.3 is 4.18 Å². The van der Waals surface area contributed by atoms with Gasteiger partial charge in [0.1, 0.15) is 5.75 Å². The molecule has 0 radical (unpaired) electrons. The van der Waals surface area contributed by atoms with E-state index in [1.165, 1.54) is 52.0 Å². The van der Waals surface area contributed by atoms with E-state index >= 15 is 8.78 Å². The summed E-state index contributed by atoms with van der Waals surface area (Å²) in [7, 11) is -10.3. The van der Waals surface area contributed by atoms with Gasteiger partial charge >= 0.3 is 10.1 Å². The molecule has 0 aliphatic heterocycles. The third-order valence-electron chi connectivity index (χ3n) is 5.35. The lowest BCUT2D eigenvalue weighted by atomic mass is 9.81. The molecule has 0 aliphatic rings. The van der Waals surface area contributed by atoms with Crippen LogP contribution in [0.2, 0.25) is 0 Å². The molecular formula is C17H26F2O6S2. The summed E-state index contributed by atoms with van der Waals surface area (Å²) in [4.78, 5) is 0. The van der Waals surface area contributed by atoms with Crippen LogP contribution in [0.3, 0.4) is 0 Å². The van der Waals surface area contributed by atoms with Crippen molar-refractivity contribution in [2.45, 2.75) is 68.8 Å². The highest BCUT2D eigenvalue weighted by Gasteiger charge is 2.74. The van der Waals surface area contributed by atoms with Gasteiger partial charge in [-0.1, -0.05) is 45.9 Å². The summed E-state index contributed by atoms with van der Waals surface area (Å²) >= 11 is 0. The van der Waals surface area contributed by atoms with Crippen LogP contribution in [-0.2, 0) is 20.2 Å². The van der Waals surface area contributed by atoms with Gasteiger partial charge in [-0.15, -0.1) is 0 Å². The minimum absolute atomic E-state index is 0.162. The van der Waals surface area contributed by atoms with Crippen LogP contribution < -0.4 is 4.18 Å². The van der Waals surface area contributed by atoms with E-state index in [4.69, 9.17) is 4.18 Å². The van der Waals surface area contributed by atoms with Crippen molar-refractivity contribution in [2.75, 3.05) is 0 Å². The van der Waals surface area contributed by atoms with Crippen LogP contribution in [0.4, 0.5) is 8.78 Å². The van der Waals surface area contributed by atoms with Gasteiger partial charge in [0.15, 0.2) is 9.49 Å². The van der Waals surface area contributed by atoms with Gasteiger partial charge in [-0.05, 0) is 37.8 Å². The third-order valence-corrected chi connectivity index (χ3v) is 9.37. The molecule has 6 nitrogen and oxygen atoms in total. The van der Waals surface area contributed by atoms with Crippen LogP contribution in [0.25, 0.3) is 0 Å². The quantitative estimate of drug-likeness (QED) is 0.446. The Morgan fingerprint density at radius 1 is 0.852 bits per heavy atom. The van der Waals surface area contributed by atoms with Crippen molar-refractivity contribution in [1.82, 2.24) is 0 Å². The second-order valence-corrected chi connectivity index (χ2v) is 9.89. The lowest BCUT2D eigenvalue weighted by Gasteiger charge is -2.46. The van der Waals surface area contributed by atoms with E-state index in [9.17, 15) is 21.4 Å². The number of hydrogen-bond acceptors (Lipinski definition) is 5. The van der Waals surface area contributed by atoms with Crippen molar-refractivity contribution in [2.24, 2.45) is 0 Å². The van der Waals surface area contributed by atoms with Crippen LogP contribution in [-0.4, -0.2) is 36.8 Å². The second-order valence-electron chi connectivity index (χ2n) is 6.30. The summed E-state index contributed by atoms with van der Waals surface area (Å²) in [6.07, 6.45) is -2.55. The first-order valence-electron chi connectivity index (χ1n) is 8.66. The molecule has 1 aromatic rings. The minimum Gasteiger partial charge on any atom is -0.382 e. The molecule has 10 heteroatoms. The van der Waals surface area contributed by atoms with Crippen LogP contribution in [0, 0.1) is 0 Å². The first kappa shape index (κ1) is 23.8. The highest BCUT2D eigenvalue weighted by atomic mass is 32.2. The maximum atomic E-state index is 15.8. The molecule has 0 aliphatic carbocycles. The van der Waals surface area contributed by atoms with Crippen molar-refractivity contribution in [3.63, 3.8) is 0 Å². The van der Waals surface area contributed by atoms with Gasteiger partial charge in [0, 0.05) is 0 Å². The summed E-state index contributed by atoms with van der Waals surface area (Å²) in [6.45, 7) is 4.80. The number of alkyl halides is 2. The Morgan fingerprint density at radius 2 is 1.26 bits per heavy atom. The van der Waals surface area contributed by atoms with Crippen molar-refractivity contribution < 1.29 is 34.4 Å². The number of rotatable bonds is 10. The molecule has 0 fully saturated rings. The Kier molecular flexibility index (Phi) is 7.05. The molecular weight excluding hydrogens is 402 g/mol. The van der Waals surface area contributed by atoms with Crippen molar-refractivity contribution >= 4 is 20.2 Å². The summed E-state index contributed by atoms with van der Waals surface area (Å²) in [5.74, 6) is -4.49. The van der Waals surface area contributed by atoms with Crippen LogP contribution in [0.5, 0.6) is 5.75 Å². The Labute approximate surface area is 159 Å². The van der Waals surface area contributed by atoms with E-state index in [1.54, 1.807) is 6.07 Å². The fraction of sp³-hybridized carbons (Fsp3) is 0.647. The molecule has 0 saturated heterocycles. The number of hydrogen-bond donors (Lipinski definition) is 1. The molecule has 27 heavy (non-hydrogen) atoms. The number of halogens is 2. The highest BCUT2D eigenvalue weighted by molar-refractivity contribution is 7.89. The van der Waals surface area contributed by atoms with Gasteiger partial charge in [-0.2, -0.15) is 16.8 Å². The molecule has 1 N–H and O–H groups in total. The van der Waals surface area contributed by atoms with E-state index in [-0.39, 0.29) is 5.75 Å². The maximum absolute atomic E-state index is 15.8. The molecule has 0 bridgehead atoms. The van der Waals surface area contributed by atoms with Crippen LogP contribution in [0.15, 0.2) is 30.3 Å². The molecule has 0 aromatic heterocycles. The van der Waals surface area contributed by atoms with Gasteiger partial charge in [0.05, 0.1) is 0 Å². The zero-order valence-corrected chi connectivity index (χ0v) is 17.4. The zero-order valence-electron chi connectivity index (χ0n) is 15.8. The number of para-hydroxylation sites is 1. The summed E-state index contributed by atoms with van der Waals surface area (Å²) in [5, 5.41) is 0. The monoisotopic (exact) mass is 428 g/mol. The standard InChI is InChI=1S/C17H26F2O6S2/c1-5-15(6-2,26(20,21)22)17(18,19)16(7-3,8-4)27(23,24)25-14-12-10-9-11-13-14/h9-13H,5-8H2,1-4H3,(H,20,21,22). The van der Waals surface area contributed by atoms with Gasteiger partial charge in [-0.3, -0.25) is 4.55 Å². The molecule has 156 valence electrons. The molecule has 0 spiro atoms. The summed E-state index contributed by atoms with van der Waals surface area (Å²) < 4.78 is 90.1. The van der Waals surface area contributed by atoms with Crippen LogP contribution in [0.1, 0.15) is 53.4 Å². The van der Waals surface area contributed by atoms with Crippen molar-refractivity contribution in [3.8, 4) is 5.75 Å². The first-order chi connectivity index (χ1) is 12.3. The molecule has 0 atom stereocenters. The SMILES string of the molecule is CCC(CC)(C(F)(F)C(CC)(CC)S(=O)(=O)Oc1ccccc1)S(=O)(=O)O. The van der Waals surface area contributed by atoms with E-state index in [2.05, 4.69) is 0 Å². The smallest absolute Gasteiger partial charge is 0.321 e. The first-order valence-corrected chi connectivity index (χ1v) is 11.5. The largest absolute Gasteiger partial charge is 0.382 e. The Hall–Kier alpha value is -1.26. The molecule has 1 rings (SSSR count). The molecule has 0 heterocycles. The summed E-state index contributed by atoms with van der Waals surface area (Å²) in [6, 6.07) is 7.13. The molecule has 0 amide bonds. The topological polar surface area (TPSA) is 97.7 Å². The lowest BCUT2D eigenvalue weighted by Crippen LogP contribution is -2.67. The van der Waals surface area contributed by atoms with E-state index in [0.717, 1.165) is 0 Å².